The van der Waals surface area contributed by atoms with Gasteiger partial charge in [0, 0.05) is 11.4 Å². The largest absolute Gasteiger partial charge is 0.462 e. The summed E-state index contributed by atoms with van der Waals surface area (Å²) in [6.07, 6.45) is 0.434. The molecule has 1 N–H and O–H groups in total. The lowest BCUT2D eigenvalue weighted by molar-refractivity contribution is -0.116. The maximum atomic E-state index is 12.5. The molecule has 2 aromatic rings. The quantitative estimate of drug-likeness (QED) is 0.586. The molecule has 29 heavy (non-hydrogen) atoms. The van der Waals surface area contributed by atoms with Crippen LogP contribution in [0.4, 0.5) is 5.00 Å². The van der Waals surface area contributed by atoms with Gasteiger partial charge in [0.2, 0.25) is 5.91 Å². The van der Waals surface area contributed by atoms with Crippen LogP contribution >= 0.6 is 22.9 Å². The van der Waals surface area contributed by atoms with E-state index < -0.39 is 11.9 Å². The Morgan fingerprint density at radius 1 is 1.14 bits per heavy atom. The smallest absolute Gasteiger partial charge is 0.348 e. The highest BCUT2D eigenvalue weighted by Gasteiger charge is 2.27. The lowest BCUT2D eigenvalue weighted by Crippen LogP contribution is -2.15. The van der Waals surface area contributed by atoms with Crippen LogP contribution in [0.3, 0.4) is 0 Å². The monoisotopic (exact) mass is 437 g/mol. The Hall–Kier alpha value is -2.38. The van der Waals surface area contributed by atoms with Crippen molar-refractivity contribution < 1.29 is 23.9 Å². The first-order chi connectivity index (χ1) is 13.7. The fourth-order valence-electron chi connectivity index (χ4n) is 2.61. The van der Waals surface area contributed by atoms with Crippen molar-refractivity contribution >= 4 is 45.8 Å². The number of halogens is 1. The van der Waals surface area contributed by atoms with E-state index in [1.807, 2.05) is 12.1 Å². The molecular weight excluding hydrogens is 414 g/mol. The molecule has 0 aliphatic rings. The summed E-state index contributed by atoms with van der Waals surface area (Å²) in [4.78, 5) is 37.5. The van der Waals surface area contributed by atoms with Gasteiger partial charge in [-0.25, -0.2) is 9.59 Å². The van der Waals surface area contributed by atoms with Gasteiger partial charge in [0.05, 0.1) is 18.3 Å². The fourth-order valence-corrected chi connectivity index (χ4v) is 3.83. The zero-order valence-electron chi connectivity index (χ0n) is 16.8. The first-order valence-corrected chi connectivity index (χ1v) is 10.5. The van der Waals surface area contributed by atoms with E-state index in [0.717, 1.165) is 16.9 Å². The summed E-state index contributed by atoms with van der Waals surface area (Å²) in [5.41, 5.74) is 1.60. The Balaban J connectivity index is 2.20. The number of rotatable bonds is 8. The predicted molar refractivity (Wildman–Crippen MR) is 114 cm³/mol. The van der Waals surface area contributed by atoms with Crippen LogP contribution in [-0.2, 0) is 20.7 Å². The molecule has 0 spiro atoms. The van der Waals surface area contributed by atoms with E-state index >= 15 is 0 Å². The number of esters is 2. The van der Waals surface area contributed by atoms with E-state index in [4.69, 9.17) is 21.1 Å². The molecule has 0 saturated heterocycles. The molecule has 0 aliphatic carbocycles. The molecule has 1 aromatic carbocycles. The van der Waals surface area contributed by atoms with Crippen molar-refractivity contribution in [2.75, 3.05) is 11.9 Å². The summed E-state index contributed by atoms with van der Waals surface area (Å²) >= 11 is 6.89. The summed E-state index contributed by atoms with van der Waals surface area (Å²) in [5, 5.41) is 3.67. The molecule has 2 rings (SSSR count). The number of benzene rings is 1. The molecule has 0 radical (unpaired) electrons. The van der Waals surface area contributed by atoms with Crippen molar-refractivity contribution in [1.82, 2.24) is 0 Å². The van der Waals surface area contributed by atoms with Gasteiger partial charge >= 0.3 is 11.9 Å². The van der Waals surface area contributed by atoms with E-state index in [1.165, 1.54) is 0 Å². The topological polar surface area (TPSA) is 81.7 Å². The Morgan fingerprint density at radius 3 is 2.38 bits per heavy atom. The number of amides is 1. The van der Waals surface area contributed by atoms with E-state index in [2.05, 4.69) is 5.32 Å². The Bertz CT molecular complexity index is 889. The molecule has 1 amide bonds. The fraction of sp³-hybridized carbons (Fsp3) is 0.381. The van der Waals surface area contributed by atoms with Crippen molar-refractivity contribution in [3.8, 4) is 0 Å². The Labute approximate surface area is 179 Å². The molecule has 0 unspecified atom stereocenters. The van der Waals surface area contributed by atoms with Crippen LogP contribution in [0.5, 0.6) is 0 Å². The van der Waals surface area contributed by atoms with Gasteiger partial charge in [-0.1, -0.05) is 23.7 Å². The molecule has 0 bridgehead atoms. The zero-order valence-corrected chi connectivity index (χ0v) is 18.4. The Kier molecular flexibility index (Phi) is 8.22. The molecule has 0 aliphatic heterocycles. The van der Waals surface area contributed by atoms with Crippen LogP contribution in [0.2, 0.25) is 5.02 Å². The van der Waals surface area contributed by atoms with Gasteiger partial charge in [0.15, 0.2) is 0 Å². The Morgan fingerprint density at radius 2 is 1.79 bits per heavy atom. The van der Waals surface area contributed by atoms with Crippen LogP contribution in [-0.4, -0.2) is 30.6 Å². The van der Waals surface area contributed by atoms with Gasteiger partial charge in [-0.3, -0.25) is 4.79 Å². The third-order valence-electron chi connectivity index (χ3n) is 3.96. The second kappa shape index (κ2) is 10.4. The summed E-state index contributed by atoms with van der Waals surface area (Å²) < 4.78 is 10.3. The van der Waals surface area contributed by atoms with Crippen molar-refractivity contribution in [3.63, 3.8) is 0 Å². The highest BCUT2D eigenvalue weighted by Crippen LogP contribution is 2.34. The average molecular weight is 438 g/mol. The molecule has 1 heterocycles. The number of carbonyl (C=O) groups is 3. The number of anilines is 1. The number of thiophene rings is 1. The molecule has 8 heteroatoms. The highest BCUT2D eigenvalue weighted by molar-refractivity contribution is 7.18. The minimum atomic E-state index is -0.585. The zero-order chi connectivity index (χ0) is 21.6. The van der Waals surface area contributed by atoms with Gasteiger partial charge in [0.1, 0.15) is 9.88 Å². The first-order valence-electron chi connectivity index (χ1n) is 9.28. The lowest BCUT2D eigenvalue weighted by atomic mass is 10.1. The van der Waals surface area contributed by atoms with Crippen LogP contribution in [0.1, 0.15) is 58.3 Å². The van der Waals surface area contributed by atoms with Crippen LogP contribution in [0, 0.1) is 6.92 Å². The summed E-state index contributed by atoms with van der Waals surface area (Å²) in [6.45, 7) is 7.00. The van der Waals surface area contributed by atoms with Crippen molar-refractivity contribution in [2.45, 2.75) is 46.6 Å². The maximum Gasteiger partial charge on any atom is 0.348 e. The number of hydrogen-bond acceptors (Lipinski definition) is 6. The van der Waals surface area contributed by atoms with E-state index in [-0.39, 0.29) is 40.5 Å². The molecular formula is C21H24ClNO5S. The minimum Gasteiger partial charge on any atom is -0.462 e. The number of aryl methyl sites for hydroxylation is 1. The predicted octanol–water partition coefficient (Wildman–Crippen LogP) is 5.02. The average Bonchev–Trinajstić information content (AvgIpc) is 2.97. The molecule has 156 valence electrons. The number of hydrogen-bond donors (Lipinski definition) is 1. The van der Waals surface area contributed by atoms with E-state index in [9.17, 15) is 14.4 Å². The molecule has 0 fully saturated rings. The summed E-state index contributed by atoms with van der Waals surface area (Å²) in [5.74, 6) is -1.39. The van der Waals surface area contributed by atoms with Crippen molar-refractivity contribution in [1.29, 1.82) is 0 Å². The summed E-state index contributed by atoms with van der Waals surface area (Å²) in [6, 6.07) is 7.25. The SMILES string of the molecule is CCOC(=O)c1c(NC(=O)CCc2ccc(Cl)cc2)sc(C(=O)OC(C)C)c1C. The molecule has 1 aromatic heterocycles. The second-order valence-electron chi connectivity index (χ2n) is 6.61. The standard InChI is InChI=1S/C21H24ClNO5S/c1-5-27-20(25)17-13(4)18(21(26)28-12(2)3)29-19(17)23-16(24)11-8-14-6-9-15(22)10-7-14/h6-7,9-10,12H,5,8,11H2,1-4H3,(H,23,24). The highest BCUT2D eigenvalue weighted by atomic mass is 35.5. The number of carbonyl (C=O) groups excluding carboxylic acids is 3. The van der Waals surface area contributed by atoms with Gasteiger partial charge in [0.25, 0.3) is 0 Å². The van der Waals surface area contributed by atoms with Gasteiger partial charge in [-0.2, -0.15) is 0 Å². The van der Waals surface area contributed by atoms with Crippen LogP contribution < -0.4 is 5.32 Å². The van der Waals surface area contributed by atoms with Gasteiger partial charge in [-0.05, 0) is 57.4 Å². The second-order valence-corrected chi connectivity index (χ2v) is 8.07. The normalized spacial score (nSPS) is 10.7. The molecule has 0 atom stereocenters. The number of ether oxygens (including phenoxy) is 2. The van der Waals surface area contributed by atoms with Crippen LogP contribution in [0.15, 0.2) is 24.3 Å². The number of nitrogens with one attached hydrogen (secondary N) is 1. The molecule has 0 saturated carbocycles. The minimum absolute atomic E-state index is 0.184. The van der Waals surface area contributed by atoms with E-state index in [0.29, 0.717) is 17.0 Å². The first kappa shape index (κ1) is 22.9. The maximum absolute atomic E-state index is 12.5. The van der Waals surface area contributed by atoms with E-state index in [1.54, 1.807) is 39.8 Å². The third kappa shape index (κ3) is 6.30. The summed E-state index contributed by atoms with van der Waals surface area (Å²) in [7, 11) is 0. The molecule has 6 nitrogen and oxygen atoms in total. The van der Waals surface area contributed by atoms with Crippen molar-refractivity contribution in [3.05, 3.63) is 50.9 Å². The van der Waals surface area contributed by atoms with Crippen LogP contribution in [0.25, 0.3) is 0 Å². The lowest BCUT2D eigenvalue weighted by Gasteiger charge is -2.07. The van der Waals surface area contributed by atoms with Crippen molar-refractivity contribution in [2.24, 2.45) is 0 Å². The van der Waals surface area contributed by atoms with Gasteiger partial charge < -0.3 is 14.8 Å². The third-order valence-corrected chi connectivity index (χ3v) is 5.40. The van der Waals surface area contributed by atoms with Gasteiger partial charge in [-0.15, -0.1) is 11.3 Å².